The van der Waals surface area contributed by atoms with Gasteiger partial charge in [-0.2, -0.15) is 0 Å². The summed E-state index contributed by atoms with van der Waals surface area (Å²) in [5.74, 6) is -0.818. The van der Waals surface area contributed by atoms with E-state index < -0.39 is 11.6 Å². The van der Waals surface area contributed by atoms with E-state index >= 15 is 0 Å². The predicted molar refractivity (Wildman–Crippen MR) is 157 cm³/mol. The van der Waals surface area contributed by atoms with Gasteiger partial charge in [-0.1, -0.05) is 51.1 Å². The van der Waals surface area contributed by atoms with Crippen LogP contribution in [0.2, 0.25) is 0 Å². The second-order valence-electron chi connectivity index (χ2n) is 11.6. The monoisotopic (exact) mass is 556 g/mol. The van der Waals surface area contributed by atoms with E-state index in [0.717, 1.165) is 43.4 Å². The van der Waals surface area contributed by atoms with Crippen LogP contribution < -0.4 is 10.2 Å². The molecule has 0 amide bonds. The van der Waals surface area contributed by atoms with E-state index in [2.05, 4.69) is 41.2 Å². The average molecular weight is 557 g/mol. The van der Waals surface area contributed by atoms with Crippen molar-refractivity contribution in [2.75, 3.05) is 23.3 Å². The van der Waals surface area contributed by atoms with Crippen molar-refractivity contribution in [2.24, 2.45) is 0 Å². The number of nitrogens with zero attached hydrogens (tertiary/aromatic N) is 3. The average Bonchev–Trinajstić information content (AvgIpc) is 2.96. The molecule has 0 radical (unpaired) electrons. The van der Waals surface area contributed by atoms with Crippen LogP contribution in [0.5, 0.6) is 0 Å². The molecule has 1 saturated heterocycles. The number of Topliss-reactive ketones (excluding diaryl/α,β-unsaturated/α-hetero) is 2. The molecule has 212 valence electrons. The number of benzene rings is 2. The molecule has 0 bridgehead atoms. The van der Waals surface area contributed by atoms with Crippen LogP contribution in [-0.2, 0) is 16.6 Å². The van der Waals surface area contributed by atoms with E-state index in [0.29, 0.717) is 17.0 Å². The number of hydrogen-bond acceptors (Lipinski definition) is 6. The summed E-state index contributed by atoms with van der Waals surface area (Å²) in [6.45, 7) is 8.14. The lowest BCUT2D eigenvalue weighted by Crippen LogP contribution is -2.30. The third-order valence-corrected chi connectivity index (χ3v) is 7.57. The molecular weight excluding hydrogens is 522 g/mol. The molecule has 0 saturated carbocycles. The Balaban J connectivity index is 1.33. The largest absolute Gasteiger partial charge is 0.355 e. The molecule has 1 N–H and O–H groups in total. The van der Waals surface area contributed by atoms with E-state index in [-0.39, 0.29) is 46.6 Å². The van der Waals surface area contributed by atoms with Gasteiger partial charge in [-0.05, 0) is 65.7 Å². The van der Waals surface area contributed by atoms with Gasteiger partial charge in [-0.3, -0.25) is 9.59 Å². The number of aromatic nitrogens is 2. The van der Waals surface area contributed by atoms with Gasteiger partial charge < -0.3 is 10.2 Å². The summed E-state index contributed by atoms with van der Waals surface area (Å²) in [7, 11) is 0. The van der Waals surface area contributed by atoms with Crippen LogP contribution >= 0.6 is 0 Å². The number of nitrogens with one attached hydrogen (secondary N) is 1. The lowest BCUT2D eigenvalue weighted by molar-refractivity contribution is -0.114. The lowest BCUT2D eigenvalue weighted by atomic mass is 9.86. The summed E-state index contributed by atoms with van der Waals surface area (Å²) in [5, 5.41) is 11.5. The third kappa shape index (κ3) is 6.59. The lowest BCUT2D eigenvalue weighted by Gasteiger charge is -2.27. The van der Waals surface area contributed by atoms with Gasteiger partial charge >= 0.3 is 0 Å². The molecule has 8 heteroatoms. The second kappa shape index (κ2) is 11.7. The quantitative estimate of drug-likeness (QED) is 0.322. The van der Waals surface area contributed by atoms with Gasteiger partial charge in [0, 0.05) is 43.1 Å². The van der Waals surface area contributed by atoms with Gasteiger partial charge in [0.25, 0.3) is 0 Å². The molecule has 1 aromatic heterocycles. The van der Waals surface area contributed by atoms with Crippen LogP contribution in [0.3, 0.4) is 0 Å². The zero-order chi connectivity index (χ0) is 29.1. The molecule has 0 unspecified atom stereocenters. The van der Waals surface area contributed by atoms with Crippen LogP contribution in [-0.4, -0.2) is 34.9 Å². The molecule has 0 spiro atoms. The number of carbonyl (C=O) groups is 2. The Labute approximate surface area is 239 Å². The minimum absolute atomic E-state index is 0.0403. The van der Waals surface area contributed by atoms with E-state index in [1.165, 1.54) is 18.6 Å². The standard InChI is InChI=1S/C33H34F2N4O2/c1-33(2,3)24-10-7-21(8-11-24)30(41)19-23-17-25(27(35)20-26(23)34)22-9-12-29(40)28(18-22)36-31-13-14-32(38-37-31)39-15-5-4-6-16-39/h7-11,13-14,17-18,20H,4-6,12,15-16,19H2,1-3H3,(H,36,37). The first-order chi connectivity index (χ1) is 19.6. The molecule has 5 rings (SSSR count). The van der Waals surface area contributed by atoms with Gasteiger partial charge in [-0.25, -0.2) is 8.78 Å². The van der Waals surface area contributed by atoms with E-state index in [9.17, 15) is 18.4 Å². The Morgan fingerprint density at radius 3 is 2.34 bits per heavy atom. The van der Waals surface area contributed by atoms with Gasteiger partial charge in [-0.15, -0.1) is 10.2 Å². The zero-order valence-corrected chi connectivity index (χ0v) is 23.6. The zero-order valence-electron chi connectivity index (χ0n) is 23.6. The highest BCUT2D eigenvalue weighted by Crippen LogP contribution is 2.29. The van der Waals surface area contributed by atoms with Crippen LogP contribution in [0.4, 0.5) is 20.4 Å². The predicted octanol–water partition coefficient (Wildman–Crippen LogP) is 6.82. The maximum atomic E-state index is 15.0. The first-order valence-electron chi connectivity index (χ1n) is 14.0. The van der Waals surface area contributed by atoms with Gasteiger partial charge in [0.05, 0.1) is 5.70 Å². The van der Waals surface area contributed by atoms with Crippen molar-refractivity contribution in [3.05, 3.63) is 100 Å². The summed E-state index contributed by atoms with van der Waals surface area (Å²) >= 11 is 0. The number of carbonyl (C=O) groups excluding carboxylic acids is 2. The normalized spacial score (nSPS) is 15.8. The van der Waals surface area contributed by atoms with Crippen molar-refractivity contribution in [1.82, 2.24) is 10.2 Å². The minimum atomic E-state index is -0.787. The maximum Gasteiger partial charge on any atom is 0.182 e. The fourth-order valence-corrected chi connectivity index (χ4v) is 5.10. The Morgan fingerprint density at radius 2 is 1.68 bits per heavy atom. The van der Waals surface area contributed by atoms with Crippen LogP contribution in [0.15, 0.2) is 66.4 Å². The molecule has 41 heavy (non-hydrogen) atoms. The van der Waals surface area contributed by atoms with Crippen molar-refractivity contribution in [2.45, 2.75) is 58.3 Å². The number of rotatable bonds is 7. The van der Waals surface area contributed by atoms with E-state index in [1.807, 2.05) is 18.2 Å². The molecule has 6 nitrogen and oxygen atoms in total. The minimum Gasteiger partial charge on any atom is -0.355 e. The topological polar surface area (TPSA) is 75.2 Å². The van der Waals surface area contributed by atoms with Crippen molar-refractivity contribution < 1.29 is 18.4 Å². The summed E-state index contributed by atoms with van der Waals surface area (Å²) in [4.78, 5) is 27.8. The molecule has 2 aromatic carbocycles. The molecule has 2 heterocycles. The Kier molecular flexibility index (Phi) is 8.10. The van der Waals surface area contributed by atoms with Crippen molar-refractivity contribution >= 4 is 28.8 Å². The second-order valence-corrected chi connectivity index (χ2v) is 11.6. The first-order valence-corrected chi connectivity index (χ1v) is 14.0. The van der Waals surface area contributed by atoms with Gasteiger partial charge in [0.15, 0.2) is 23.2 Å². The molecule has 1 aliphatic carbocycles. The van der Waals surface area contributed by atoms with E-state index in [1.54, 1.807) is 24.3 Å². The molecular formula is C33H34F2N4O2. The Hall–Kier alpha value is -4.20. The highest BCUT2D eigenvalue weighted by molar-refractivity contribution is 6.04. The van der Waals surface area contributed by atoms with Crippen molar-refractivity contribution in [1.29, 1.82) is 0 Å². The highest BCUT2D eigenvalue weighted by atomic mass is 19.1. The fraction of sp³-hybridized carbons (Fsp3) is 0.333. The molecule has 0 atom stereocenters. The SMILES string of the molecule is CC(C)(C)c1ccc(C(=O)Cc2cc(C3=CCC(=O)C(Nc4ccc(N5CCCCC5)nn4)=C3)c(F)cc2F)cc1. The molecule has 3 aromatic rings. The van der Waals surface area contributed by atoms with Crippen LogP contribution in [0.1, 0.15) is 73.5 Å². The number of anilines is 2. The fourth-order valence-electron chi connectivity index (χ4n) is 5.10. The summed E-state index contributed by atoms with van der Waals surface area (Å²) in [6.07, 6.45) is 6.42. The smallest absolute Gasteiger partial charge is 0.182 e. The molecule has 1 fully saturated rings. The van der Waals surface area contributed by atoms with Crippen molar-refractivity contribution in [3.63, 3.8) is 0 Å². The number of halogens is 2. The number of piperidine rings is 1. The number of allylic oxidation sites excluding steroid dienone is 4. The summed E-state index contributed by atoms with van der Waals surface area (Å²) < 4.78 is 29.8. The van der Waals surface area contributed by atoms with Crippen LogP contribution in [0, 0.1) is 11.6 Å². The van der Waals surface area contributed by atoms with Crippen molar-refractivity contribution in [3.8, 4) is 0 Å². The Morgan fingerprint density at radius 1 is 0.951 bits per heavy atom. The summed E-state index contributed by atoms with van der Waals surface area (Å²) in [6, 6.07) is 13.1. The first kappa shape index (κ1) is 28.3. The van der Waals surface area contributed by atoms with E-state index in [4.69, 9.17) is 0 Å². The molecule has 2 aliphatic rings. The maximum absolute atomic E-state index is 15.0. The molecule has 1 aliphatic heterocycles. The summed E-state index contributed by atoms with van der Waals surface area (Å²) in [5.41, 5.74) is 2.36. The van der Waals surface area contributed by atoms with Gasteiger partial charge in [0.1, 0.15) is 11.6 Å². The Bertz CT molecular complexity index is 1510. The highest BCUT2D eigenvalue weighted by Gasteiger charge is 2.22. The number of hydrogen-bond donors (Lipinski definition) is 1. The van der Waals surface area contributed by atoms with Crippen LogP contribution in [0.25, 0.3) is 5.57 Å². The van der Waals surface area contributed by atoms with Gasteiger partial charge in [0.2, 0.25) is 0 Å². The third-order valence-electron chi connectivity index (χ3n) is 7.57. The number of ketones is 2.